The lowest BCUT2D eigenvalue weighted by Crippen LogP contribution is -2.42. The molecule has 1 aliphatic rings. The molecule has 0 saturated carbocycles. The molecule has 1 N–H and O–H groups in total. The largest absolute Gasteiger partial charge is 0.342 e. The van der Waals surface area contributed by atoms with Gasteiger partial charge in [-0.15, -0.1) is 0 Å². The van der Waals surface area contributed by atoms with E-state index in [9.17, 15) is 9.59 Å². The van der Waals surface area contributed by atoms with E-state index in [4.69, 9.17) is 4.52 Å². The Balaban J connectivity index is 1.35. The first kappa shape index (κ1) is 21.0. The summed E-state index contributed by atoms with van der Waals surface area (Å²) in [6.45, 7) is 10.0. The van der Waals surface area contributed by atoms with Crippen LogP contribution < -0.4 is 5.56 Å². The summed E-state index contributed by atoms with van der Waals surface area (Å²) in [5.74, 6) is 1.22. The summed E-state index contributed by atoms with van der Waals surface area (Å²) < 4.78 is 7.31. The summed E-state index contributed by atoms with van der Waals surface area (Å²) >= 11 is 0. The second-order valence-corrected chi connectivity index (χ2v) is 8.38. The van der Waals surface area contributed by atoms with Crippen molar-refractivity contribution in [2.45, 2.75) is 53.0 Å². The van der Waals surface area contributed by atoms with E-state index in [0.29, 0.717) is 36.9 Å². The summed E-state index contributed by atoms with van der Waals surface area (Å²) in [5.41, 5.74) is 3.81. The zero-order chi connectivity index (χ0) is 22.1. The van der Waals surface area contributed by atoms with Crippen LogP contribution in [0.15, 0.2) is 27.6 Å². The zero-order valence-electron chi connectivity index (χ0n) is 18.4. The summed E-state index contributed by atoms with van der Waals surface area (Å²) in [6, 6.07) is 3.08. The molecule has 1 fully saturated rings. The zero-order valence-corrected chi connectivity index (χ0v) is 18.4. The van der Waals surface area contributed by atoms with Crippen molar-refractivity contribution in [3.63, 3.8) is 0 Å². The predicted molar refractivity (Wildman–Crippen MR) is 115 cm³/mol. The number of amides is 1. The number of nitrogens with one attached hydrogen (secondary N) is 1. The number of H-pyrrole nitrogens is 1. The van der Waals surface area contributed by atoms with Gasteiger partial charge in [0.2, 0.25) is 11.5 Å². The van der Waals surface area contributed by atoms with Crippen molar-refractivity contribution in [1.82, 2.24) is 29.8 Å². The maximum atomic E-state index is 13.0. The fraction of sp³-hybridized carbons (Fsp3) is 0.500. The van der Waals surface area contributed by atoms with Crippen LogP contribution in [0.4, 0.5) is 0 Å². The maximum absolute atomic E-state index is 13.0. The van der Waals surface area contributed by atoms with E-state index in [1.165, 1.54) is 11.6 Å². The number of likely N-dealkylation sites (tertiary alicyclic amines) is 1. The molecule has 9 nitrogen and oxygen atoms in total. The minimum Gasteiger partial charge on any atom is -0.342 e. The molecule has 31 heavy (non-hydrogen) atoms. The lowest BCUT2D eigenvalue weighted by atomic mass is 9.95. The first-order valence-corrected chi connectivity index (χ1v) is 10.7. The normalized spacial score (nSPS) is 15.9. The molecule has 3 aromatic heterocycles. The molecule has 1 atom stereocenters. The lowest BCUT2D eigenvalue weighted by Gasteiger charge is -2.32. The average molecular weight is 425 g/mol. The smallest absolute Gasteiger partial charge is 0.259 e. The minimum atomic E-state index is -0.178. The maximum Gasteiger partial charge on any atom is 0.259 e. The molecule has 1 saturated heterocycles. The van der Waals surface area contributed by atoms with Gasteiger partial charge in [0.05, 0.1) is 23.7 Å². The van der Waals surface area contributed by atoms with Gasteiger partial charge in [0, 0.05) is 37.0 Å². The third-order valence-electron chi connectivity index (χ3n) is 6.26. The van der Waals surface area contributed by atoms with Crippen LogP contribution in [0.1, 0.15) is 48.5 Å². The molecule has 0 radical (unpaired) electrons. The third kappa shape index (κ3) is 4.30. The number of aromatic amines is 1. The van der Waals surface area contributed by atoms with E-state index in [1.54, 1.807) is 12.3 Å². The molecular weight excluding hydrogens is 396 g/mol. The van der Waals surface area contributed by atoms with Gasteiger partial charge in [0.1, 0.15) is 0 Å². The van der Waals surface area contributed by atoms with Crippen molar-refractivity contribution >= 4 is 5.91 Å². The van der Waals surface area contributed by atoms with Crippen LogP contribution in [0.5, 0.6) is 0 Å². The van der Waals surface area contributed by atoms with Crippen LogP contribution in [-0.2, 0) is 11.3 Å². The van der Waals surface area contributed by atoms with Gasteiger partial charge in [-0.2, -0.15) is 10.1 Å². The topological polar surface area (TPSA) is 110 Å². The Hall–Kier alpha value is -3.23. The number of aryl methyl sites for hydroxylation is 1. The second-order valence-electron chi connectivity index (χ2n) is 8.38. The molecule has 0 bridgehead atoms. The van der Waals surface area contributed by atoms with Gasteiger partial charge in [-0.3, -0.25) is 14.3 Å². The van der Waals surface area contributed by atoms with E-state index in [1.807, 2.05) is 30.4 Å². The van der Waals surface area contributed by atoms with Crippen molar-refractivity contribution in [2.75, 3.05) is 13.1 Å². The van der Waals surface area contributed by atoms with Gasteiger partial charge in [-0.05, 0) is 45.2 Å². The van der Waals surface area contributed by atoms with Crippen molar-refractivity contribution in [2.24, 2.45) is 5.92 Å². The van der Waals surface area contributed by atoms with E-state index in [0.717, 1.165) is 24.2 Å². The molecule has 4 rings (SSSR count). The SMILES string of the molecule is Cc1nn(C[C@H](C)C(=O)N2CCC(c3noc(-c4ccc(=O)[nH]c4)n3)CC2)c(C)c1C. The lowest BCUT2D eigenvalue weighted by molar-refractivity contribution is -0.136. The number of pyridine rings is 1. The van der Waals surface area contributed by atoms with Crippen LogP contribution in [0, 0.1) is 26.7 Å². The Morgan fingerprint density at radius 3 is 2.61 bits per heavy atom. The van der Waals surface area contributed by atoms with E-state index in [2.05, 4.69) is 27.1 Å². The number of carbonyl (C=O) groups excluding carboxylic acids is 1. The molecule has 4 heterocycles. The first-order chi connectivity index (χ1) is 14.8. The standard InChI is InChI=1S/C22H28N6O3/c1-13(12-28-16(4)14(2)15(3)25-28)22(30)27-9-7-17(8-10-27)20-24-21(31-26-20)18-5-6-19(29)23-11-18/h5-6,11,13,17H,7-10,12H2,1-4H3,(H,23,29)/t13-/m0/s1. The molecule has 0 spiro atoms. The van der Waals surface area contributed by atoms with Crippen LogP contribution in [0.25, 0.3) is 11.5 Å². The minimum absolute atomic E-state index is 0.133. The Morgan fingerprint density at radius 2 is 2.00 bits per heavy atom. The average Bonchev–Trinajstić information content (AvgIpc) is 3.35. The summed E-state index contributed by atoms with van der Waals surface area (Å²) in [5, 5.41) is 8.69. The Morgan fingerprint density at radius 1 is 1.26 bits per heavy atom. The third-order valence-corrected chi connectivity index (χ3v) is 6.26. The molecule has 3 aromatic rings. The number of nitrogens with zero attached hydrogens (tertiary/aromatic N) is 5. The van der Waals surface area contributed by atoms with Crippen LogP contribution >= 0.6 is 0 Å². The number of hydrogen-bond acceptors (Lipinski definition) is 6. The van der Waals surface area contributed by atoms with Crippen LogP contribution in [0.2, 0.25) is 0 Å². The number of carbonyl (C=O) groups is 1. The van der Waals surface area contributed by atoms with Gasteiger partial charge in [0.25, 0.3) is 5.89 Å². The second kappa shape index (κ2) is 8.49. The molecule has 9 heteroatoms. The van der Waals surface area contributed by atoms with Gasteiger partial charge < -0.3 is 14.4 Å². The van der Waals surface area contributed by atoms with E-state index in [-0.39, 0.29) is 23.3 Å². The summed E-state index contributed by atoms with van der Waals surface area (Å²) in [4.78, 5) is 33.2. The first-order valence-electron chi connectivity index (χ1n) is 10.7. The highest BCUT2D eigenvalue weighted by Crippen LogP contribution is 2.28. The predicted octanol–water partition coefficient (Wildman–Crippen LogP) is 2.59. The fourth-order valence-corrected chi connectivity index (χ4v) is 4.03. The molecule has 1 aliphatic heterocycles. The van der Waals surface area contributed by atoms with E-state index >= 15 is 0 Å². The molecule has 0 aromatic carbocycles. The van der Waals surface area contributed by atoms with Crippen molar-refractivity contribution < 1.29 is 9.32 Å². The van der Waals surface area contributed by atoms with Crippen molar-refractivity contribution in [3.05, 3.63) is 51.5 Å². The van der Waals surface area contributed by atoms with Gasteiger partial charge in [-0.25, -0.2) is 0 Å². The van der Waals surface area contributed by atoms with E-state index < -0.39 is 0 Å². The Labute approximate surface area is 180 Å². The van der Waals surface area contributed by atoms with Gasteiger partial charge in [0.15, 0.2) is 5.82 Å². The molecule has 0 aliphatic carbocycles. The molecule has 0 unspecified atom stereocenters. The van der Waals surface area contributed by atoms with Crippen LogP contribution in [-0.4, -0.2) is 48.8 Å². The van der Waals surface area contributed by atoms with Crippen molar-refractivity contribution in [3.8, 4) is 11.5 Å². The highest BCUT2D eigenvalue weighted by Gasteiger charge is 2.29. The van der Waals surface area contributed by atoms with Crippen LogP contribution in [0.3, 0.4) is 0 Å². The molecular formula is C22H28N6O3. The fourth-order valence-electron chi connectivity index (χ4n) is 4.03. The monoisotopic (exact) mass is 424 g/mol. The molecule has 164 valence electrons. The van der Waals surface area contributed by atoms with Gasteiger partial charge in [-0.1, -0.05) is 12.1 Å². The molecule has 1 amide bonds. The number of aromatic nitrogens is 5. The summed E-state index contributed by atoms with van der Waals surface area (Å²) in [7, 11) is 0. The van der Waals surface area contributed by atoms with Gasteiger partial charge >= 0.3 is 0 Å². The Bertz CT molecular complexity index is 1120. The number of piperidine rings is 1. The van der Waals surface area contributed by atoms with Crippen molar-refractivity contribution in [1.29, 1.82) is 0 Å². The quantitative estimate of drug-likeness (QED) is 0.674. The number of hydrogen-bond donors (Lipinski definition) is 1. The Kier molecular flexibility index (Phi) is 5.75. The summed E-state index contributed by atoms with van der Waals surface area (Å²) in [6.07, 6.45) is 3.15. The number of rotatable bonds is 5. The highest BCUT2D eigenvalue weighted by atomic mass is 16.5. The highest BCUT2D eigenvalue weighted by molar-refractivity contribution is 5.78.